The molecule has 0 aromatic heterocycles. The van der Waals surface area contributed by atoms with Crippen LogP contribution in [0.4, 0.5) is 0 Å². The summed E-state index contributed by atoms with van der Waals surface area (Å²) in [5, 5.41) is 23.1. The van der Waals surface area contributed by atoms with E-state index in [0.717, 1.165) is 64.2 Å². The van der Waals surface area contributed by atoms with Crippen LogP contribution < -0.4 is 5.32 Å². The van der Waals surface area contributed by atoms with Gasteiger partial charge in [0.25, 0.3) is 0 Å². The number of hydrogen-bond acceptors (Lipinski definition) is 5. The van der Waals surface area contributed by atoms with Crippen molar-refractivity contribution in [2.45, 2.75) is 302 Å². The monoisotopic (exact) mass is 886 g/mol. The third kappa shape index (κ3) is 49.4. The van der Waals surface area contributed by atoms with E-state index in [2.05, 4.69) is 43.5 Å². The molecule has 63 heavy (non-hydrogen) atoms. The largest absolute Gasteiger partial charge is 0.466 e. The number of nitrogens with one attached hydrogen (secondary N) is 1. The zero-order valence-corrected chi connectivity index (χ0v) is 42.1. The minimum Gasteiger partial charge on any atom is -0.466 e. The summed E-state index contributed by atoms with van der Waals surface area (Å²) in [5.41, 5.74) is 0. The van der Waals surface area contributed by atoms with E-state index in [1.54, 1.807) is 6.08 Å². The van der Waals surface area contributed by atoms with Gasteiger partial charge in [0.05, 0.1) is 25.4 Å². The van der Waals surface area contributed by atoms with Gasteiger partial charge in [0.15, 0.2) is 0 Å². The Bertz CT molecular complexity index is 1020. The molecule has 6 heteroatoms. The van der Waals surface area contributed by atoms with E-state index in [-0.39, 0.29) is 18.5 Å². The molecule has 2 atom stereocenters. The molecule has 2 unspecified atom stereocenters. The summed E-state index contributed by atoms with van der Waals surface area (Å²) >= 11 is 0. The number of hydrogen-bond donors (Lipinski definition) is 3. The summed E-state index contributed by atoms with van der Waals surface area (Å²) in [7, 11) is 0. The van der Waals surface area contributed by atoms with Crippen molar-refractivity contribution in [1.82, 2.24) is 5.32 Å². The number of allylic oxidation sites excluding steroid dienone is 5. The van der Waals surface area contributed by atoms with E-state index in [1.807, 2.05) is 6.08 Å². The Labute approximate surface area is 392 Å². The Kier molecular flexibility index (Phi) is 51.1. The minimum atomic E-state index is -0.860. The molecule has 0 aliphatic carbocycles. The summed E-state index contributed by atoms with van der Waals surface area (Å²) < 4.78 is 5.46. The van der Waals surface area contributed by atoms with Crippen LogP contribution in [-0.2, 0) is 14.3 Å². The van der Waals surface area contributed by atoms with E-state index < -0.39 is 12.1 Å². The lowest BCUT2D eigenvalue weighted by Gasteiger charge is -2.20. The van der Waals surface area contributed by atoms with E-state index >= 15 is 0 Å². The maximum Gasteiger partial charge on any atom is 0.305 e. The van der Waals surface area contributed by atoms with Crippen molar-refractivity contribution in [3.8, 4) is 0 Å². The van der Waals surface area contributed by atoms with Gasteiger partial charge in [0, 0.05) is 12.8 Å². The zero-order valence-electron chi connectivity index (χ0n) is 42.1. The zero-order chi connectivity index (χ0) is 45.8. The standard InChI is InChI=1S/C57H107NO5/c1-3-5-7-9-11-13-15-17-19-21-23-25-27-29-33-37-41-45-49-55(60)54(53-59)58-56(61)50-46-42-38-34-31-32-36-40-44-48-52-63-57(62)51-47-43-39-35-30-28-26-24-22-20-18-16-14-12-10-8-6-4-2/h14,16,20,22,45,49,54-55,59-60H,3-13,15,17-19,21,23-44,46-48,50-53H2,1-2H3,(H,58,61)/b16-14-,22-20-,49-45+. The Morgan fingerprint density at radius 3 is 1.22 bits per heavy atom. The van der Waals surface area contributed by atoms with Crippen molar-refractivity contribution in [3.63, 3.8) is 0 Å². The van der Waals surface area contributed by atoms with Crippen LogP contribution >= 0.6 is 0 Å². The molecule has 6 nitrogen and oxygen atoms in total. The van der Waals surface area contributed by atoms with Crippen molar-refractivity contribution in [3.05, 3.63) is 36.5 Å². The van der Waals surface area contributed by atoms with Gasteiger partial charge in [0.1, 0.15) is 0 Å². The van der Waals surface area contributed by atoms with Crippen molar-refractivity contribution < 1.29 is 24.5 Å². The van der Waals surface area contributed by atoms with Gasteiger partial charge in [-0.2, -0.15) is 0 Å². The molecule has 0 spiro atoms. The van der Waals surface area contributed by atoms with Crippen LogP contribution in [0.25, 0.3) is 0 Å². The highest BCUT2D eigenvalue weighted by molar-refractivity contribution is 5.76. The van der Waals surface area contributed by atoms with Gasteiger partial charge in [-0.05, 0) is 64.2 Å². The molecule has 0 fully saturated rings. The summed E-state index contributed by atoms with van der Waals surface area (Å²) in [6.45, 7) is 4.84. The Balaban J connectivity index is 3.51. The van der Waals surface area contributed by atoms with Crippen molar-refractivity contribution in [1.29, 1.82) is 0 Å². The molecule has 0 rings (SSSR count). The molecular formula is C57H107NO5. The third-order valence-electron chi connectivity index (χ3n) is 12.7. The lowest BCUT2D eigenvalue weighted by molar-refractivity contribution is -0.143. The number of unbranched alkanes of at least 4 members (excludes halogenated alkanes) is 36. The van der Waals surface area contributed by atoms with Crippen LogP contribution in [0.15, 0.2) is 36.5 Å². The van der Waals surface area contributed by atoms with Crippen molar-refractivity contribution >= 4 is 11.9 Å². The molecule has 0 aromatic carbocycles. The lowest BCUT2D eigenvalue weighted by atomic mass is 10.0. The SMILES string of the molecule is CCCCCC/C=C\C/C=C\CCCCCCCCCC(=O)OCCCCCCCCCCCCC(=O)NC(CO)C(O)/C=C/CCCCCCCCCCCCCCCCCC. The van der Waals surface area contributed by atoms with Crippen molar-refractivity contribution in [2.75, 3.05) is 13.2 Å². The molecular weight excluding hydrogens is 779 g/mol. The summed E-state index contributed by atoms with van der Waals surface area (Å²) in [6, 6.07) is -0.646. The van der Waals surface area contributed by atoms with Crippen LogP contribution in [0.3, 0.4) is 0 Å². The predicted octanol–water partition coefficient (Wildman–Crippen LogP) is 16.9. The van der Waals surface area contributed by atoms with E-state index in [1.165, 1.54) is 199 Å². The van der Waals surface area contributed by atoms with Gasteiger partial charge in [0.2, 0.25) is 5.91 Å². The molecule has 0 saturated carbocycles. The number of aliphatic hydroxyl groups is 2. The molecule has 0 saturated heterocycles. The molecule has 0 aromatic rings. The molecule has 0 bridgehead atoms. The molecule has 0 aliphatic heterocycles. The van der Waals surface area contributed by atoms with Gasteiger partial charge in [-0.15, -0.1) is 0 Å². The van der Waals surface area contributed by atoms with Crippen LogP contribution in [0.1, 0.15) is 290 Å². The lowest BCUT2D eigenvalue weighted by Crippen LogP contribution is -2.45. The number of ether oxygens (including phenoxy) is 1. The number of carbonyl (C=O) groups is 2. The Hall–Kier alpha value is -1.92. The maximum atomic E-state index is 12.5. The summed E-state index contributed by atoms with van der Waals surface area (Å²) in [4.78, 5) is 24.5. The number of esters is 1. The minimum absolute atomic E-state index is 0.0281. The quantitative estimate of drug-likeness (QED) is 0.0321. The number of aliphatic hydroxyl groups excluding tert-OH is 2. The second-order valence-corrected chi connectivity index (χ2v) is 18.9. The average Bonchev–Trinajstić information content (AvgIpc) is 3.28. The van der Waals surface area contributed by atoms with Crippen LogP contribution in [0.2, 0.25) is 0 Å². The highest BCUT2D eigenvalue weighted by atomic mass is 16.5. The van der Waals surface area contributed by atoms with Crippen molar-refractivity contribution in [2.24, 2.45) is 0 Å². The second kappa shape index (κ2) is 52.7. The first-order valence-electron chi connectivity index (χ1n) is 27.8. The van der Waals surface area contributed by atoms with Gasteiger partial charge in [-0.1, -0.05) is 249 Å². The maximum absolute atomic E-state index is 12.5. The highest BCUT2D eigenvalue weighted by Crippen LogP contribution is 2.16. The average molecular weight is 886 g/mol. The number of rotatable bonds is 51. The van der Waals surface area contributed by atoms with Gasteiger partial charge >= 0.3 is 5.97 Å². The molecule has 3 N–H and O–H groups in total. The fraction of sp³-hybridized carbons (Fsp3) is 0.860. The van der Waals surface area contributed by atoms with Crippen LogP contribution in [0, 0.1) is 0 Å². The molecule has 370 valence electrons. The van der Waals surface area contributed by atoms with E-state index in [9.17, 15) is 19.8 Å². The summed E-state index contributed by atoms with van der Waals surface area (Å²) in [6.07, 6.45) is 64.3. The van der Waals surface area contributed by atoms with Gasteiger partial charge in [-0.25, -0.2) is 0 Å². The van der Waals surface area contributed by atoms with Gasteiger partial charge < -0.3 is 20.3 Å². The molecule has 0 aliphatic rings. The van der Waals surface area contributed by atoms with Gasteiger partial charge in [-0.3, -0.25) is 9.59 Å². The smallest absolute Gasteiger partial charge is 0.305 e. The van der Waals surface area contributed by atoms with Crippen LogP contribution in [0.5, 0.6) is 0 Å². The predicted molar refractivity (Wildman–Crippen MR) is 273 cm³/mol. The molecule has 0 radical (unpaired) electrons. The number of carbonyl (C=O) groups excluding carboxylic acids is 2. The first kappa shape index (κ1) is 61.1. The highest BCUT2D eigenvalue weighted by Gasteiger charge is 2.18. The van der Waals surface area contributed by atoms with E-state index in [4.69, 9.17) is 4.74 Å². The first-order valence-corrected chi connectivity index (χ1v) is 27.8. The number of amides is 1. The molecule has 0 heterocycles. The summed E-state index contributed by atoms with van der Waals surface area (Å²) in [5.74, 6) is -0.118. The topological polar surface area (TPSA) is 95.9 Å². The normalized spacial score (nSPS) is 12.9. The third-order valence-corrected chi connectivity index (χ3v) is 12.7. The van der Waals surface area contributed by atoms with Crippen LogP contribution in [-0.4, -0.2) is 47.4 Å². The first-order chi connectivity index (χ1) is 31.0. The van der Waals surface area contributed by atoms with E-state index in [0.29, 0.717) is 19.4 Å². The Morgan fingerprint density at radius 1 is 0.444 bits per heavy atom. The Morgan fingerprint density at radius 2 is 0.794 bits per heavy atom. The fourth-order valence-electron chi connectivity index (χ4n) is 8.37. The molecule has 1 amide bonds. The second-order valence-electron chi connectivity index (χ2n) is 18.9. The fourth-order valence-corrected chi connectivity index (χ4v) is 8.37.